The predicted molar refractivity (Wildman–Crippen MR) is 70.0 cm³/mol. The van der Waals surface area contributed by atoms with Crippen molar-refractivity contribution in [2.75, 3.05) is 0 Å². The number of hydrogen-bond donors (Lipinski definition) is 0. The highest BCUT2D eigenvalue weighted by Crippen LogP contribution is 2.16. The van der Waals surface area contributed by atoms with Crippen molar-refractivity contribution in [2.24, 2.45) is 4.66 Å². The van der Waals surface area contributed by atoms with Gasteiger partial charge in [0.1, 0.15) is 0 Å². The predicted octanol–water partition coefficient (Wildman–Crippen LogP) is 4.34. The highest BCUT2D eigenvalue weighted by molar-refractivity contribution is 9.10. The summed E-state index contributed by atoms with van der Waals surface area (Å²) in [5, 5.41) is 0. The van der Waals surface area contributed by atoms with Crippen LogP contribution in [0.1, 0.15) is 5.56 Å². The third-order valence-electron chi connectivity index (χ3n) is 1.80. The molecule has 88 valence electrons. The maximum atomic E-state index is 12.9. The van der Waals surface area contributed by atoms with Crippen molar-refractivity contribution >= 4 is 29.9 Å². The lowest BCUT2D eigenvalue weighted by Crippen LogP contribution is -2.24. The van der Waals surface area contributed by atoms with Crippen LogP contribution in [0.25, 0.3) is 0 Å². The quantitative estimate of drug-likeness (QED) is 0.582. The van der Waals surface area contributed by atoms with Crippen LogP contribution in [0.5, 0.6) is 0 Å². The molecule has 0 aliphatic rings. The molecule has 0 amide bonds. The summed E-state index contributed by atoms with van der Waals surface area (Å²) in [4.78, 5) is 0. The monoisotopic (exact) mass is 305 g/mol. The van der Waals surface area contributed by atoms with Crippen LogP contribution in [-0.4, -0.2) is 20.4 Å². The number of hydrogen-bond acceptors (Lipinski definition) is 1. The Bertz CT molecular complexity index is 382. The van der Waals surface area contributed by atoms with Gasteiger partial charge in [-0.2, -0.15) is 0 Å². The van der Waals surface area contributed by atoms with Crippen LogP contribution in [0.2, 0.25) is 19.6 Å². The van der Waals surface area contributed by atoms with E-state index in [1.54, 1.807) is 24.3 Å². The van der Waals surface area contributed by atoms with Crippen LogP contribution in [0.3, 0.4) is 0 Å². The molecule has 1 nitrogen and oxygen atoms in total. The van der Waals surface area contributed by atoms with E-state index in [4.69, 9.17) is 0 Å². The minimum Gasteiger partial charge on any atom is -0.320 e. The summed E-state index contributed by atoms with van der Waals surface area (Å²) in [7, 11) is -1.88. The lowest BCUT2D eigenvalue weighted by Gasteiger charge is -2.14. The highest BCUT2D eigenvalue weighted by atomic mass is 79.9. The zero-order valence-corrected chi connectivity index (χ0v) is 12.1. The van der Waals surface area contributed by atoms with Gasteiger partial charge in [-0.1, -0.05) is 28.1 Å². The molecule has 5 heteroatoms. The maximum Gasteiger partial charge on any atom is 0.279 e. The second-order valence-corrected chi connectivity index (χ2v) is 9.96. The van der Waals surface area contributed by atoms with Gasteiger partial charge in [-0.3, -0.25) is 0 Å². The van der Waals surface area contributed by atoms with Crippen LogP contribution in [0, 0.1) is 0 Å². The minimum atomic E-state index is -2.52. The van der Waals surface area contributed by atoms with E-state index in [0.29, 0.717) is 5.56 Å². The first-order chi connectivity index (χ1) is 7.29. The summed E-state index contributed by atoms with van der Waals surface area (Å²) in [6.45, 7) is 5.82. The lowest BCUT2D eigenvalue weighted by molar-refractivity contribution is 0.226. The molecule has 0 saturated heterocycles. The minimum absolute atomic E-state index is 0.0910. The van der Waals surface area contributed by atoms with Crippen LogP contribution < -0.4 is 0 Å². The summed E-state index contributed by atoms with van der Waals surface area (Å²) < 4.78 is 30.9. The molecule has 16 heavy (non-hydrogen) atoms. The van der Waals surface area contributed by atoms with E-state index >= 15 is 0 Å². The second-order valence-electron chi connectivity index (χ2n) is 4.48. The van der Waals surface area contributed by atoms with E-state index in [9.17, 15) is 8.78 Å². The van der Waals surface area contributed by atoms with E-state index in [2.05, 4.69) is 20.6 Å². The Morgan fingerprint density at radius 3 is 2.06 bits per heavy atom. The molecule has 0 spiro atoms. The molecule has 1 aromatic carbocycles. The molecule has 0 aromatic heterocycles. The first kappa shape index (κ1) is 13.5. The van der Waals surface area contributed by atoms with Crippen molar-refractivity contribution in [3.63, 3.8) is 0 Å². The Morgan fingerprint density at radius 1 is 1.19 bits per heavy atom. The summed E-state index contributed by atoms with van der Waals surface area (Å²) in [5.41, 5.74) is 0.410. The van der Waals surface area contributed by atoms with Gasteiger partial charge in [0.15, 0.2) is 8.24 Å². The van der Waals surface area contributed by atoms with Crippen molar-refractivity contribution in [3.8, 4) is 0 Å². The number of halogens is 3. The van der Waals surface area contributed by atoms with E-state index in [-0.39, 0.29) is 5.71 Å². The van der Waals surface area contributed by atoms with Gasteiger partial charge in [-0.25, -0.2) is 8.78 Å². The third-order valence-corrected chi connectivity index (χ3v) is 3.24. The van der Waals surface area contributed by atoms with Gasteiger partial charge in [-0.05, 0) is 31.8 Å². The van der Waals surface area contributed by atoms with Crippen LogP contribution in [0.15, 0.2) is 33.4 Å². The van der Waals surface area contributed by atoms with Crippen molar-refractivity contribution < 1.29 is 8.78 Å². The first-order valence-corrected chi connectivity index (χ1v) is 9.17. The molecule has 1 aromatic rings. The number of benzene rings is 1. The Morgan fingerprint density at radius 2 is 1.69 bits per heavy atom. The molecule has 0 bridgehead atoms. The summed E-state index contributed by atoms with van der Waals surface area (Å²) in [6, 6.07) is 6.82. The molecule has 0 radical (unpaired) electrons. The second kappa shape index (κ2) is 5.18. The summed E-state index contributed by atoms with van der Waals surface area (Å²) in [5.74, 6) is 0. The van der Waals surface area contributed by atoms with E-state index in [1.165, 1.54) is 0 Å². The number of nitrogens with zero attached hydrogens (tertiary/aromatic N) is 1. The average molecular weight is 306 g/mol. The van der Waals surface area contributed by atoms with Crippen molar-refractivity contribution in [1.82, 2.24) is 0 Å². The van der Waals surface area contributed by atoms with Gasteiger partial charge >= 0.3 is 0 Å². The standard InChI is InChI=1S/C11H14BrF2NSi/c1-16(2,3)15-10(11(13)14)8-4-6-9(12)7-5-8/h4-7,11H,1-3H3/b15-10+. The topological polar surface area (TPSA) is 12.4 Å². The molecule has 0 saturated carbocycles. The van der Waals surface area contributed by atoms with E-state index < -0.39 is 14.7 Å². The molecule has 0 unspecified atom stereocenters. The molecular formula is C11H14BrF2NSi. The van der Waals surface area contributed by atoms with Gasteiger partial charge in [-0.15, -0.1) is 0 Å². The molecule has 0 atom stereocenters. The molecule has 0 aliphatic carbocycles. The first-order valence-electron chi connectivity index (χ1n) is 4.93. The molecule has 1 rings (SSSR count). The number of alkyl halides is 2. The zero-order chi connectivity index (χ0) is 12.3. The van der Waals surface area contributed by atoms with Gasteiger partial charge < -0.3 is 4.66 Å². The van der Waals surface area contributed by atoms with Gasteiger partial charge in [0.25, 0.3) is 6.43 Å². The number of rotatable bonds is 3. The fraction of sp³-hybridized carbons (Fsp3) is 0.364. The fourth-order valence-corrected chi connectivity index (χ4v) is 2.44. The molecular weight excluding hydrogens is 292 g/mol. The van der Waals surface area contributed by atoms with Crippen LogP contribution in [0.4, 0.5) is 8.78 Å². The lowest BCUT2D eigenvalue weighted by atomic mass is 10.1. The van der Waals surface area contributed by atoms with Crippen molar-refractivity contribution in [3.05, 3.63) is 34.3 Å². The largest absolute Gasteiger partial charge is 0.320 e. The maximum absolute atomic E-state index is 12.9. The van der Waals surface area contributed by atoms with Crippen LogP contribution in [-0.2, 0) is 0 Å². The normalized spacial score (nSPS) is 13.3. The molecule has 0 N–H and O–H groups in total. The van der Waals surface area contributed by atoms with Gasteiger partial charge in [0.2, 0.25) is 0 Å². The van der Waals surface area contributed by atoms with Crippen molar-refractivity contribution in [1.29, 1.82) is 0 Å². The fourth-order valence-electron chi connectivity index (χ4n) is 1.22. The zero-order valence-electron chi connectivity index (χ0n) is 9.47. The molecule has 0 heterocycles. The Labute approximate surface area is 104 Å². The van der Waals surface area contributed by atoms with E-state index in [0.717, 1.165) is 4.47 Å². The third kappa shape index (κ3) is 4.13. The summed E-state index contributed by atoms with van der Waals surface area (Å²) >= 11 is 3.27. The Balaban J connectivity index is 3.13. The Hall–Kier alpha value is -0.553. The SMILES string of the molecule is C[Si](C)(C)/N=C(\c1ccc(Br)cc1)C(F)F. The van der Waals surface area contributed by atoms with Crippen LogP contribution >= 0.6 is 15.9 Å². The highest BCUT2D eigenvalue weighted by Gasteiger charge is 2.20. The molecule has 0 aliphatic heterocycles. The van der Waals surface area contributed by atoms with Gasteiger partial charge in [0.05, 0.1) is 5.71 Å². The average Bonchev–Trinajstić information content (AvgIpc) is 2.14. The Kier molecular flexibility index (Phi) is 4.38. The van der Waals surface area contributed by atoms with Crippen molar-refractivity contribution in [2.45, 2.75) is 26.1 Å². The summed E-state index contributed by atoms with van der Waals surface area (Å²) in [6.07, 6.45) is -2.52. The molecule has 0 fully saturated rings. The van der Waals surface area contributed by atoms with Gasteiger partial charge in [0, 0.05) is 10.0 Å². The van der Waals surface area contributed by atoms with E-state index in [1.807, 2.05) is 19.6 Å². The smallest absolute Gasteiger partial charge is 0.279 e.